The van der Waals surface area contributed by atoms with Gasteiger partial charge in [0.15, 0.2) is 23.4 Å². The van der Waals surface area contributed by atoms with E-state index in [9.17, 15) is 14.1 Å². The number of hydrogen-bond acceptors (Lipinski definition) is 7. The molecule has 3 aliphatic carbocycles. The molecule has 40 heavy (non-hydrogen) atoms. The van der Waals surface area contributed by atoms with E-state index in [0.717, 1.165) is 62.7 Å². The molecular formula is C32H39NO6S. The lowest BCUT2D eigenvalue weighted by atomic mass is 9.49. The first-order valence-electron chi connectivity index (χ1n) is 15.1. The fraction of sp³-hybridized carbons (Fsp3) is 0.594. The highest BCUT2D eigenvalue weighted by Gasteiger charge is 2.75. The molecule has 5 unspecified atom stereocenters. The number of rotatable bonds is 12. The highest BCUT2D eigenvalue weighted by atomic mass is 32.2. The van der Waals surface area contributed by atoms with Crippen molar-refractivity contribution in [1.82, 2.24) is 4.90 Å². The Hall–Kier alpha value is -2.26. The van der Waals surface area contributed by atoms with Crippen molar-refractivity contribution in [3.05, 3.63) is 59.2 Å². The van der Waals surface area contributed by atoms with Crippen LogP contribution in [0, 0.1) is 5.92 Å². The van der Waals surface area contributed by atoms with Gasteiger partial charge in [0.2, 0.25) is 0 Å². The maximum absolute atomic E-state index is 13.5. The number of nitrogens with zero attached hydrogens (tertiary/aromatic N) is 1. The molecule has 7 nitrogen and oxygen atoms in total. The van der Waals surface area contributed by atoms with Crippen molar-refractivity contribution < 1.29 is 27.2 Å². The second-order valence-electron chi connectivity index (χ2n) is 12.4. The maximum atomic E-state index is 13.5. The average molecular weight is 566 g/mol. The van der Waals surface area contributed by atoms with Crippen molar-refractivity contribution in [1.29, 1.82) is 0 Å². The number of aryl methyl sites for hydroxylation is 1. The van der Waals surface area contributed by atoms with Gasteiger partial charge in [0.05, 0.1) is 12.0 Å². The summed E-state index contributed by atoms with van der Waals surface area (Å²) in [4.78, 5) is 15.9. The van der Waals surface area contributed by atoms with E-state index in [2.05, 4.69) is 29.2 Å². The zero-order valence-corrected chi connectivity index (χ0v) is 23.8. The van der Waals surface area contributed by atoms with Crippen LogP contribution in [0.4, 0.5) is 0 Å². The minimum Gasteiger partial charge on any atom is -0.504 e. The van der Waals surface area contributed by atoms with E-state index in [4.69, 9.17) is 13.1 Å². The van der Waals surface area contributed by atoms with Gasteiger partial charge in [-0.1, -0.05) is 49.2 Å². The van der Waals surface area contributed by atoms with Gasteiger partial charge in [0.1, 0.15) is 5.60 Å². The largest absolute Gasteiger partial charge is 0.504 e. The van der Waals surface area contributed by atoms with Gasteiger partial charge in [0, 0.05) is 24.6 Å². The summed E-state index contributed by atoms with van der Waals surface area (Å²) in [5.41, 5.74) is 1.75. The average Bonchev–Trinajstić information content (AvgIpc) is 3.70. The zero-order valence-electron chi connectivity index (χ0n) is 23.0. The number of Topliss-reactive ketones (excluding diaryl/α,β-unsaturated/α-hetero) is 1. The van der Waals surface area contributed by atoms with Crippen molar-refractivity contribution in [3.8, 4) is 11.5 Å². The Morgan fingerprint density at radius 3 is 2.70 bits per heavy atom. The molecule has 214 valence electrons. The number of ketones is 1. The van der Waals surface area contributed by atoms with Crippen LogP contribution >= 0.6 is 0 Å². The van der Waals surface area contributed by atoms with Crippen LogP contribution in [0.15, 0.2) is 42.5 Å². The minimum absolute atomic E-state index is 0.0189. The minimum atomic E-state index is -1.95. The molecule has 2 aliphatic heterocycles. The van der Waals surface area contributed by atoms with Crippen molar-refractivity contribution in [3.63, 3.8) is 0 Å². The van der Waals surface area contributed by atoms with Crippen LogP contribution in [0.25, 0.3) is 0 Å². The SMILES string of the molecule is O=C1CCC2(OS(=O)OCCCCCCc3ccccc3)C3Cc4ccc(O)c5c4C2(CCN3CC2CC2)C1O5. The lowest BCUT2D eigenvalue weighted by molar-refractivity contribution is -0.177. The first-order chi connectivity index (χ1) is 19.5. The number of likely N-dealkylation sites (tertiary alicyclic amines) is 1. The normalized spacial score (nSPS) is 31.1. The molecule has 3 fully saturated rings. The molecule has 5 aliphatic rings. The summed E-state index contributed by atoms with van der Waals surface area (Å²) in [5.74, 6) is 1.22. The molecule has 1 saturated heterocycles. The molecule has 0 aromatic heterocycles. The van der Waals surface area contributed by atoms with Crippen LogP contribution in [-0.4, -0.2) is 57.4 Å². The standard InChI is InChI=1S/C32H39NO6S/c34-25-14-13-24-20-27-32(39-40(36)37-19-7-2-1-4-8-22-9-5-3-6-10-22)16-15-26(35)30-31(32,28(24)29(25)38-30)17-18-33(27)21-23-11-12-23/h3,5-6,9-10,13-14,23,27,30,34H,1-2,4,7-8,11-12,15-21H2. The number of ether oxygens (including phenoxy) is 1. The van der Waals surface area contributed by atoms with Crippen LogP contribution in [0.1, 0.15) is 74.5 Å². The van der Waals surface area contributed by atoms with Gasteiger partial charge < -0.3 is 9.84 Å². The lowest BCUT2D eigenvalue weighted by Crippen LogP contribution is -2.77. The summed E-state index contributed by atoms with van der Waals surface area (Å²) < 4.78 is 32.1. The van der Waals surface area contributed by atoms with Gasteiger partial charge in [0.25, 0.3) is 0 Å². The molecule has 2 bridgehead atoms. The number of unbranched alkanes of at least 4 members (excludes halogenated alkanes) is 3. The Morgan fingerprint density at radius 2 is 1.88 bits per heavy atom. The van der Waals surface area contributed by atoms with E-state index in [-0.39, 0.29) is 17.6 Å². The second-order valence-corrected chi connectivity index (χ2v) is 13.3. The fourth-order valence-corrected chi connectivity index (χ4v) is 8.99. The number of carbonyl (C=O) groups is 1. The molecule has 2 aromatic rings. The summed E-state index contributed by atoms with van der Waals surface area (Å²) in [5, 5.41) is 10.7. The number of carbonyl (C=O) groups excluding carboxylic acids is 1. The fourth-order valence-electron chi connectivity index (χ4n) is 8.11. The van der Waals surface area contributed by atoms with E-state index < -0.39 is 28.5 Å². The number of piperidine rings is 1. The summed E-state index contributed by atoms with van der Waals surface area (Å²) in [6, 6.07) is 14.2. The number of phenols is 1. The number of hydrogen-bond donors (Lipinski definition) is 1. The Bertz CT molecular complexity index is 1300. The van der Waals surface area contributed by atoms with E-state index in [0.29, 0.717) is 37.5 Å². The molecule has 7 rings (SSSR count). The van der Waals surface area contributed by atoms with Crippen molar-refractivity contribution in [2.45, 2.75) is 93.8 Å². The van der Waals surface area contributed by atoms with Gasteiger partial charge in [-0.25, -0.2) is 0 Å². The molecule has 2 saturated carbocycles. The van der Waals surface area contributed by atoms with Crippen molar-refractivity contribution in [2.24, 2.45) is 5.92 Å². The maximum Gasteiger partial charge on any atom is 0.305 e. The number of phenolic OH excluding ortho intramolecular Hbond substituents is 1. The van der Waals surface area contributed by atoms with Crippen molar-refractivity contribution in [2.75, 3.05) is 19.7 Å². The molecule has 5 atom stereocenters. The molecule has 0 radical (unpaired) electrons. The number of benzene rings is 2. The Balaban J connectivity index is 1.08. The van der Waals surface area contributed by atoms with E-state index >= 15 is 0 Å². The third kappa shape index (κ3) is 4.34. The van der Waals surface area contributed by atoms with Crippen LogP contribution in [0.2, 0.25) is 0 Å². The molecule has 8 heteroatoms. The summed E-state index contributed by atoms with van der Waals surface area (Å²) in [7, 11) is 0. The highest BCUT2D eigenvalue weighted by Crippen LogP contribution is 2.66. The molecule has 1 N–H and O–H groups in total. The smallest absolute Gasteiger partial charge is 0.305 e. The van der Waals surface area contributed by atoms with Crippen LogP contribution in [0.5, 0.6) is 11.5 Å². The van der Waals surface area contributed by atoms with Crippen LogP contribution < -0.4 is 4.74 Å². The van der Waals surface area contributed by atoms with Gasteiger partial charge in [-0.05, 0) is 81.0 Å². The molecule has 0 amide bonds. The van der Waals surface area contributed by atoms with Crippen LogP contribution in [-0.2, 0) is 42.8 Å². The van der Waals surface area contributed by atoms with Gasteiger partial charge in [-0.3, -0.25) is 18.1 Å². The van der Waals surface area contributed by atoms with Crippen LogP contribution in [0.3, 0.4) is 0 Å². The van der Waals surface area contributed by atoms with Crippen molar-refractivity contribution >= 4 is 17.1 Å². The van der Waals surface area contributed by atoms with E-state index in [1.165, 1.54) is 18.4 Å². The zero-order chi connectivity index (χ0) is 27.3. The first-order valence-corrected chi connectivity index (χ1v) is 16.1. The van der Waals surface area contributed by atoms with Gasteiger partial charge in [-0.15, -0.1) is 0 Å². The molecule has 2 heterocycles. The monoisotopic (exact) mass is 565 g/mol. The summed E-state index contributed by atoms with van der Waals surface area (Å²) >= 11 is -1.95. The second kappa shape index (κ2) is 10.5. The van der Waals surface area contributed by atoms with E-state index in [1.54, 1.807) is 6.07 Å². The third-order valence-electron chi connectivity index (χ3n) is 10.1. The Kier molecular flexibility index (Phi) is 7.01. The first kappa shape index (κ1) is 26.6. The molecule has 2 aromatic carbocycles. The lowest BCUT2D eigenvalue weighted by Gasteiger charge is -2.63. The molecular weight excluding hydrogens is 526 g/mol. The summed E-state index contributed by atoms with van der Waals surface area (Å²) in [6.45, 7) is 2.21. The topological polar surface area (TPSA) is 85.3 Å². The highest BCUT2D eigenvalue weighted by molar-refractivity contribution is 7.75. The van der Waals surface area contributed by atoms with E-state index in [1.807, 2.05) is 12.1 Å². The quantitative estimate of drug-likeness (QED) is 0.365. The number of aromatic hydroxyl groups is 1. The summed E-state index contributed by atoms with van der Waals surface area (Å²) in [6.07, 6.45) is 9.10. The van der Waals surface area contributed by atoms with Gasteiger partial charge in [-0.2, -0.15) is 4.21 Å². The predicted molar refractivity (Wildman–Crippen MR) is 151 cm³/mol. The Labute approximate surface area is 239 Å². The van der Waals surface area contributed by atoms with Gasteiger partial charge >= 0.3 is 11.4 Å². The third-order valence-corrected chi connectivity index (χ3v) is 10.9. The predicted octanol–water partition coefficient (Wildman–Crippen LogP) is 4.95. The Morgan fingerprint density at radius 1 is 1.05 bits per heavy atom. The molecule has 1 spiro atoms.